The highest BCUT2D eigenvalue weighted by Crippen LogP contribution is 2.24. The van der Waals surface area contributed by atoms with Crippen molar-refractivity contribution in [1.82, 2.24) is 5.32 Å². The largest absolute Gasteiger partial charge is 0.480 e. The Kier molecular flexibility index (Phi) is 3.76. The molecule has 1 aliphatic rings. The fraction of sp³-hybridized carbons (Fsp3) is 0.462. The molecule has 4 N–H and O–H groups in total. The van der Waals surface area contributed by atoms with Gasteiger partial charge >= 0.3 is 5.97 Å². The summed E-state index contributed by atoms with van der Waals surface area (Å²) >= 11 is 0. The van der Waals surface area contributed by atoms with Gasteiger partial charge < -0.3 is 16.2 Å². The van der Waals surface area contributed by atoms with Crippen LogP contribution in [0.25, 0.3) is 0 Å². The molecule has 17 heavy (non-hydrogen) atoms. The van der Waals surface area contributed by atoms with Crippen LogP contribution in [0, 0.1) is 0 Å². The van der Waals surface area contributed by atoms with Crippen LogP contribution >= 0.6 is 0 Å². The maximum atomic E-state index is 10.8. The minimum Gasteiger partial charge on any atom is -0.480 e. The van der Waals surface area contributed by atoms with E-state index in [0.29, 0.717) is 11.5 Å². The number of carboxylic acids is 1. The predicted molar refractivity (Wildman–Crippen MR) is 65.9 cm³/mol. The van der Waals surface area contributed by atoms with E-state index in [2.05, 4.69) is 5.32 Å². The van der Waals surface area contributed by atoms with Crippen LogP contribution in [-0.2, 0) is 4.79 Å². The summed E-state index contributed by atoms with van der Waals surface area (Å²) in [6.07, 6.45) is 2.39. The fourth-order valence-corrected chi connectivity index (χ4v) is 2.25. The molecule has 1 aromatic carbocycles. The van der Waals surface area contributed by atoms with Crippen LogP contribution in [0.15, 0.2) is 24.3 Å². The van der Waals surface area contributed by atoms with Crippen molar-refractivity contribution in [3.63, 3.8) is 0 Å². The molecule has 4 heteroatoms. The lowest BCUT2D eigenvalue weighted by Gasteiger charge is -2.23. The van der Waals surface area contributed by atoms with Crippen LogP contribution in [0.4, 0.5) is 0 Å². The van der Waals surface area contributed by atoms with Crippen molar-refractivity contribution in [1.29, 1.82) is 0 Å². The standard InChI is InChI=1S/C13H18N2O2/c14-12(13(16)17)10-5-3-9(4-6-10)11-2-1-7-15-8-11/h3-6,11-12,15H,1-2,7-8,14H2,(H,16,17). The molecular formula is C13H18N2O2. The zero-order chi connectivity index (χ0) is 12.3. The minimum absolute atomic E-state index is 0.541. The Balaban J connectivity index is 2.09. The molecule has 92 valence electrons. The average molecular weight is 234 g/mol. The van der Waals surface area contributed by atoms with Crippen molar-refractivity contribution in [3.05, 3.63) is 35.4 Å². The number of carboxylic acid groups (broad SMARTS) is 1. The van der Waals surface area contributed by atoms with E-state index in [1.807, 2.05) is 24.3 Å². The lowest BCUT2D eigenvalue weighted by molar-refractivity contribution is -0.138. The van der Waals surface area contributed by atoms with Gasteiger partial charge in [0.05, 0.1) is 0 Å². The highest BCUT2D eigenvalue weighted by atomic mass is 16.4. The van der Waals surface area contributed by atoms with E-state index in [-0.39, 0.29) is 0 Å². The van der Waals surface area contributed by atoms with E-state index in [1.54, 1.807) is 0 Å². The maximum absolute atomic E-state index is 10.8. The van der Waals surface area contributed by atoms with Gasteiger partial charge in [-0.1, -0.05) is 24.3 Å². The average Bonchev–Trinajstić information content (AvgIpc) is 2.39. The number of rotatable bonds is 3. The number of carbonyl (C=O) groups is 1. The lowest BCUT2D eigenvalue weighted by Crippen LogP contribution is -2.28. The van der Waals surface area contributed by atoms with E-state index in [0.717, 1.165) is 13.1 Å². The molecule has 0 aromatic heterocycles. The zero-order valence-corrected chi connectivity index (χ0v) is 9.73. The molecule has 0 spiro atoms. The Morgan fingerprint density at radius 3 is 2.65 bits per heavy atom. The number of aliphatic carboxylic acids is 1. The Labute approximate surface area is 101 Å². The van der Waals surface area contributed by atoms with Gasteiger partial charge in [0.2, 0.25) is 0 Å². The molecule has 0 radical (unpaired) electrons. The molecule has 0 bridgehead atoms. The molecular weight excluding hydrogens is 216 g/mol. The molecule has 2 rings (SSSR count). The summed E-state index contributed by atoms with van der Waals surface area (Å²) in [6.45, 7) is 2.10. The van der Waals surface area contributed by atoms with Crippen LogP contribution in [0.1, 0.15) is 35.9 Å². The molecule has 1 heterocycles. The topological polar surface area (TPSA) is 75.4 Å². The third-order valence-electron chi connectivity index (χ3n) is 3.33. The maximum Gasteiger partial charge on any atom is 0.325 e. The molecule has 2 unspecified atom stereocenters. The number of piperidine rings is 1. The number of nitrogens with two attached hydrogens (primary N) is 1. The van der Waals surface area contributed by atoms with Crippen LogP contribution in [0.5, 0.6) is 0 Å². The summed E-state index contributed by atoms with van der Waals surface area (Å²) in [5.41, 5.74) is 7.47. The summed E-state index contributed by atoms with van der Waals surface area (Å²) in [7, 11) is 0. The number of hydrogen-bond acceptors (Lipinski definition) is 3. The molecule has 1 aromatic rings. The fourth-order valence-electron chi connectivity index (χ4n) is 2.25. The summed E-state index contributed by atoms with van der Waals surface area (Å²) in [5, 5.41) is 12.2. The zero-order valence-electron chi connectivity index (χ0n) is 9.73. The van der Waals surface area contributed by atoms with E-state index in [9.17, 15) is 4.79 Å². The quantitative estimate of drug-likeness (QED) is 0.735. The van der Waals surface area contributed by atoms with Crippen LogP contribution in [0.3, 0.4) is 0 Å². The van der Waals surface area contributed by atoms with Crippen LogP contribution < -0.4 is 11.1 Å². The minimum atomic E-state index is -0.989. The Hall–Kier alpha value is -1.39. The molecule has 2 atom stereocenters. The summed E-state index contributed by atoms with van der Waals surface area (Å²) < 4.78 is 0. The van der Waals surface area contributed by atoms with Gasteiger partial charge in [-0.25, -0.2) is 0 Å². The summed E-state index contributed by atoms with van der Waals surface area (Å²) in [4.78, 5) is 10.8. The van der Waals surface area contributed by atoms with Crippen LogP contribution in [-0.4, -0.2) is 24.2 Å². The van der Waals surface area contributed by atoms with E-state index >= 15 is 0 Å². The molecule has 1 aliphatic heterocycles. The number of benzene rings is 1. The Morgan fingerprint density at radius 2 is 2.12 bits per heavy atom. The van der Waals surface area contributed by atoms with Crippen molar-refractivity contribution in [2.24, 2.45) is 5.73 Å². The first kappa shape index (κ1) is 12.1. The van der Waals surface area contributed by atoms with Gasteiger partial charge in [-0.2, -0.15) is 0 Å². The van der Waals surface area contributed by atoms with E-state index in [1.165, 1.54) is 18.4 Å². The second-order valence-electron chi connectivity index (χ2n) is 4.53. The second kappa shape index (κ2) is 5.29. The van der Waals surface area contributed by atoms with Gasteiger partial charge in [0.25, 0.3) is 0 Å². The van der Waals surface area contributed by atoms with E-state index < -0.39 is 12.0 Å². The number of hydrogen-bond donors (Lipinski definition) is 3. The Bertz CT molecular complexity index is 383. The molecule has 4 nitrogen and oxygen atoms in total. The predicted octanol–water partition coefficient (Wildman–Crippen LogP) is 1.24. The first-order valence-corrected chi connectivity index (χ1v) is 5.97. The van der Waals surface area contributed by atoms with Gasteiger partial charge in [-0.3, -0.25) is 4.79 Å². The highest BCUT2D eigenvalue weighted by molar-refractivity contribution is 5.75. The molecule has 1 fully saturated rings. The van der Waals surface area contributed by atoms with Gasteiger partial charge in [0.1, 0.15) is 6.04 Å². The van der Waals surface area contributed by atoms with Gasteiger partial charge in [0.15, 0.2) is 0 Å². The molecule has 0 saturated carbocycles. The van der Waals surface area contributed by atoms with Gasteiger partial charge in [-0.05, 0) is 36.4 Å². The number of nitrogens with one attached hydrogen (secondary N) is 1. The van der Waals surface area contributed by atoms with Crippen molar-refractivity contribution < 1.29 is 9.90 Å². The van der Waals surface area contributed by atoms with Crippen molar-refractivity contribution in [2.45, 2.75) is 24.8 Å². The highest BCUT2D eigenvalue weighted by Gasteiger charge is 2.17. The smallest absolute Gasteiger partial charge is 0.325 e. The third kappa shape index (κ3) is 2.84. The Morgan fingerprint density at radius 1 is 1.41 bits per heavy atom. The van der Waals surface area contributed by atoms with E-state index in [4.69, 9.17) is 10.8 Å². The van der Waals surface area contributed by atoms with Gasteiger partial charge in [-0.15, -0.1) is 0 Å². The normalized spacial score (nSPS) is 22.1. The second-order valence-corrected chi connectivity index (χ2v) is 4.53. The SMILES string of the molecule is NC(C(=O)O)c1ccc(C2CCCNC2)cc1. The van der Waals surface area contributed by atoms with Gasteiger partial charge in [0, 0.05) is 6.54 Å². The lowest BCUT2D eigenvalue weighted by atomic mass is 9.90. The van der Waals surface area contributed by atoms with Crippen molar-refractivity contribution >= 4 is 5.97 Å². The first-order valence-electron chi connectivity index (χ1n) is 5.97. The monoisotopic (exact) mass is 234 g/mol. The third-order valence-corrected chi connectivity index (χ3v) is 3.33. The first-order chi connectivity index (χ1) is 8.18. The summed E-state index contributed by atoms with van der Waals surface area (Å²) in [6, 6.07) is 6.71. The van der Waals surface area contributed by atoms with Crippen molar-refractivity contribution in [2.75, 3.05) is 13.1 Å². The molecule has 0 amide bonds. The van der Waals surface area contributed by atoms with Crippen LogP contribution in [0.2, 0.25) is 0 Å². The molecule has 1 saturated heterocycles. The van der Waals surface area contributed by atoms with Crippen molar-refractivity contribution in [3.8, 4) is 0 Å². The molecule has 0 aliphatic carbocycles. The summed E-state index contributed by atoms with van der Waals surface area (Å²) in [5.74, 6) is -0.448.